The number of carbonyl (C=O) groups is 2. The van der Waals surface area contributed by atoms with Gasteiger partial charge in [-0.05, 0) is 44.9 Å². The Hall–Kier alpha value is -1.10. The van der Waals surface area contributed by atoms with Crippen molar-refractivity contribution in [2.24, 2.45) is 11.8 Å². The molecule has 1 saturated carbocycles. The van der Waals surface area contributed by atoms with Crippen LogP contribution in [0.5, 0.6) is 0 Å². The lowest BCUT2D eigenvalue weighted by Gasteiger charge is -2.43. The van der Waals surface area contributed by atoms with Crippen LogP contribution in [0.2, 0.25) is 0 Å². The van der Waals surface area contributed by atoms with Gasteiger partial charge in [0.1, 0.15) is 11.8 Å². The number of amides is 2. The molecule has 3 atom stereocenters. The van der Waals surface area contributed by atoms with Crippen LogP contribution in [-0.4, -0.2) is 41.1 Å². The Morgan fingerprint density at radius 1 is 1.30 bits per heavy atom. The zero-order valence-corrected chi connectivity index (χ0v) is 15.2. The maximum absolute atomic E-state index is 12.9. The van der Waals surface area contributed by atoms with Gasteiger partial charge in [0.25, 0.3) is 0 Å². The molecule has 5 heteroatoms. The molecule has 3 unspecified atom stereocenters. The van der Waals surface area contributed by atoms with Gasteiger partial charge >= 0.3 is 0 Å². The summed E-state index contributed by atoms with van der Waals surface area (Å²) < 4.78 is 6.13. The van der Waals surface area contributed by atoms with Crippen LogP contribution in [0, 0.1) is 11.8 Å². The van der Waals surface area contributed by atoms with Crippen LogP contribution >= 0.6 is 0 Å². The highest BCUT2D eigenvalue weighted by Gasteiger charge is 2.53. The van der Waals surface area contributed by atoms with Crippen molar-refractivity contribution in [2.45, 2.75) is 84.5 Å². The molecule has 1 saturated heterocycles. The quantitative estimate of drug-likeness (QED) is 0.865. The van der Waals surface area contributed by atoms with Crippen molar-refractivity contribution in [1.82, 2.24) is 10.2 Å². The molecule has 2 amide bonds. The number of hydrogen-bond acceptors (Lipinski definition) is 3. The minimum Gasteiger partial charge on any atom is -0.353 e. The minimum absolute atomic E-state index is 0.0514. The van der Waals surface area contributed by atoms with E-state index in [1.54, 1.807) is 4.90 Å². The van der Waals surface area contributed by atoms with Gasteiger partial charge < -0.3 is 10.1 Å². The highest BCUT2D eigenvalue weighted by atomic mass is 16.5. The second kappa shape index (κ2) is 7.20. The summed E-state index contributed by atoms with van der Waals surface area (Å²) in [5.74, 6) is 0.752. The van der Waals surface area contributed by atoms with Gasteiger partial charge in [0, 0.05) is 12.5 Å². The van der Waals surface area contributed by atoms with E-state index < -0.39 is 11.8 Å². The van der Waals surface area contributed by atoms with Crippen molar-refractivity contribution < 1.29 is 14.3 Å². The van der Waals surface area contributed by atoms with E-state index in [9.17, 15) is 9.59 Å². The fraction of sp³-hybridized carbons (Fsp3) is 0.889. The van der Waals surface area contributed by atoms with Crippen molar-refractivity contribution in [3.63, 3.8) is 0 Å². The first-order valence-corrected chi connectivity index (χ1v) is 9.01. The van der Waals surface area contributed by atoms with Gasteiger partial charge in [-0.1, -0.05) is 27.2 Å². The van der Waals surface area contributed by atoms with E-state index in [-0.39, 0.29) is 23.8 Å². The molecule has 5 nitrogen and oxygen atoms in total. The van der Waals surface area contributed by atoms with Crippen LogP contribution in [0.4, 0.5) is 0 Å². The van der Waals surface area contributed by atoms with Crippen molar-refractivity contribution >= 4 is 11.8 Å². The highest BCUT2D eigenvalue weighted by molar-refractivity contribution is 5.89. The number of nitrogens with zero attached hydrogens (tertiary/aromatic N) is 1. The largest absolute Gasteiger partial charge is 0.353 e. The van der Waals surface area contributed by atoms with Crippen LogP contribution < -0.4 is 5.32 Å². The summed E-state index contributed by atoms with van der Waals surface area (Å²) in [7, 11) is 0. The standard InChI is InChI=1S/C18H32N2O3/c1-12(2)9-16(21)20-15(17(22)19-13(3)4)11-23-18(20)8-6-7-14(5)10-18/h12-15H,6-11H2,1-5H3,(H,19,22). The molecule has 0 aromatic rings. The Morgan fingerprint density at radius 2 is 2.00 bits per heavy atom. The number of nitrogens with one attached hydrogen (secondary N) is 1. The average Bonchev–Trinajstić information content (AvgIpc) is 2.75. The molecule has 0 aromatic carbocycles. The first-order valence-electron chi connectivity index (χ1n) is 9.01. The zero-order valence-electron chi connectivity index (χ0n) is 15.2. The molecule has 1 aliphatic heterocycles. The van der Waals surface area contributed by atoms with Gasteiger partial charge in [-0.2, -0.15) is 0 Å². The molecule has 1 N–H and O–H groups in total. The van der Waals surface area contributed by atoms with E-state index in [1.807, 2.05) is 27.7 Å². The molecule has 0 radical (unpaired) electrons. The third-order valence-corrected chi connectivity index (χ3v) is 4.78. The highest BCUT2D eigenvalue weighted by Crippen LogP contribution is 2.43. The Bertz CT molecular complexity index is 450. The van der Waals surface area contributed by atoms with E-state index in [1.165, 1.54) is 6.42 Å². The third-order valence-electron chi connectivity index (χ3n) is 4.78. The molecule has 2 rings (SSSR count). The van der Waals surface area contributed by atoms with Crippen LogP contribution in [0.15, 0.2) is 0 Å². The summed E-state index contributed by atoms with van der Waals surface area (Å²) >= 11 is 0. The monoisotopic (exact) mass is 324 g/mol. The van der Waals surface area contributed by atoms with Gasteiger partial charge in [0.15, 0.2) is 0 Å². The second-order valence-electron chi connectivity index (χ2n) is 8.00. The molecule has 0 aromatic heterocycles. The molecule has 2 aliphatic rings. The fourth-order valence-electron chi connectivity index (χ4n) is 3.91. The Kier molecular flexibility index (Phi) is 5.71. The first kappa shape index (κ1) is 18.2. The molecule has 1 aliphatic carbocycles. The maximum Gasteiger partial charge on any atom is 0.245 e. The van der Waals surface area contributed by atoms with Crippen molar-refractivity contribution in [3.8, 4) is 0 Å². The second-order valence-corrected chi connectivity index (χ2v) is 8.00. The lowest BCUT2D eigenvalue weighted by molar-refractivity contribution is -0.163. The third kappa shape index (κ3) is 4.06. The lowest BCUT2D eigenvalue weighted by atomic mass is 9.83. The number of carbonyl (C=O) groups excluding carboxylic acids is 2. The predicted octanol–water partition coefficient (Wildman–Crippen LogP) is 2.69. The molecule has 1 heterocycles. The average molecular weight is 324 g/mol. The predicted molar refractivity (Wildman–Crippen MR) is 89.7 cm³/mol. The van der Waals surface area contributed by atoms with Crippen molar-refractivity contribution in [1.29, 1.82) is 0 Å². The van der Waals surface area contributed by atoms with Gasteiger partial charge in [0.05, 0.1) is 6.61 Å². The topological polar surface area (TPSA) is 58.6 Å². The van der Waals surface area contributed by atoms with Gasteiger partial charge in [-0.25, -0.2) is 0 Å². The summed E-state index contributed by atoms with van der Waals surface area (Å²) in [4.78, 5) is 27.3. The number of ether oxygens (including phenoxy) is 1. The summed E-state index contributed by atoms with van der Waals surface area (Å²) in [6, 6.07) is -0.430. The Morgan fingerprint density at radius 3 is 2.57 bits per heavy atom. The summed E-state index contributed by atoms with van der Waals surface area (Å²) in [6.07, 6.45) is 4.35. The number of hydrogen-bond donors (Lipinski definition) is 1. The van der Waals surface area contributed by atoms with E-state index in [0.29, 0.717) is 18.9 Å². The number of rotatable bonds is 4. The van der Waals surface area contributed by atoms with Crippen molar-refractivity contribution in [2.75, 3.05) is 6.61 Å². The summed E-state index contributed by atoms with van der Waals surface area (Å²) in [6.45, 7) is 10.5. The lowest BCUT2D eigenvalue weighted by Crippen LogP contribution is -2.57. The normalized spacial score (nSPS) is 31.2. The SMILES string of the molecule is CC(C)CC(=O)N1C(C(=O)NC(C)C)COC12CCCC(C)C2. The molecule has 1 spiro atoms. The fourth-order valence-corrected chi connectivity index (χ4v) is 3.91. The van der Waals surface area contributed by atoms with Crippen LogP contribution in [0.3, 0.4) is 0 Å². The smallest absolute Gasteiger partial charge is 0.245 e. The summed E-state index contributed by atoms with van der Waals surface area (Å²) in [5, 5.41) is 2.94. The van der Waals surface area contributed by atoms with Gasteiger partial charge in [0.2, 0.25) is 11.8 Å². The molecular formula is C18H32N2O3. The summed E-state index contributed by atoms with van der Waals surface area (Å²) in [5.41, 5.74) is -0.567. The molecule has 0 bridgehead atoms. The molecular weight excluding hydrogens is 292 g/mol. The Labute approximate surface area is 140 Å². The molecule has 132 valence electrons. The van der Waals surface area contributed by atoms with Gasteiger partial charge in [-0.3, -0.25) is 14.5 Å². The minimum atomic E-state index is -0.567. The maximum atomic E-state index is 12.9. The molecule has 23 heavy (non-hydrogen) atoms. The van der Waals surface area contributed by atoms with Crippen molar-refractivity contribution in [3.05, 3.63) is 0 Å². The van der Waals surface area contributed by atoms with E-state index in [4.69, 9.17) is 4.74 Å². The van der Waals surface area contributed by atoms with E-state index in [2.05, 4.69) is 12.2 Å². The van der Waals surface area contributed by atoms with Crippen LogP contribution in [0.25, 0.3) is 0 Å². The van der Waals surface area contributed by atoms with E-state index >= 15 is 0 Å². The van der Waals surface area contributed by atoms with E-state index in [0.717, 1.165) is 19.3 Å². The van der Waals surface area contributed by atoms with Crippen LogP contribution in [-0.2, 0) is 14.3 Å². The molecule has 2 fully saturated rings. The Balaban J connectivity index is 2.25. The first-order chi connectivity index (χ1) is 10.7. The van der Waals surface area contributed by atoms with Gasteiger partial charge in [-0.15, -0.1) is 0 Å². The van der Waals surface area contributed by atoms with Crippen LogP contribution in [0.1, 0.15) is 66.7 Å². The zero-order chi connectivity index (χ0) is 17.2.